The Bertz CT molecular complexity index is 774. The SMILES string of the molecule is O=C(O)CCc1cnc(Cc2cccc3ccccc23)s1. The molecule has 0 atom stereocenters. The Morgan fingerprint density at radius 1 is 1.14 bits per heavy atom. The van der Waals surface area contributed by atoms with Crippen LogP contribution in [0.15, 0.2) is 48.7 Å². The second-order valence-electron chi connectivity index (χ2n) is 4.93. The van der Waals surface area contributed by atoms with Crippen LogP contribution in [-0.2, 0) is 17.6 Å². The van der Waals surface area contributed by atoms with Gasteiger partial charge in [0.05, 0.1) is 11.4 Å². The van der Waals surface area contributed by atoms with Crippen LogP contribution < -0.4 is 0 Å². The minimum Gasteiger partial charge on any atom is -0.481 e. The predicted octanol–water partition coefficient (Wildman–Crippen LogP) is 3.90. The third-order valence-corrected chi connectivity index (χ3v) is 4.47. The van der Waals surface area contributed by atoms with Gasteiger partial charge in [-0.05, 0) is 22.8 Å². The summed E-state index contributed by atoms with van der Waals surface area (Å²) in [5, 5.41) is 12.2. The molecule has 4 heteroatoms. The molecule has 0 saturated heterocycles. The highest BCUT2D eigenvalue weighted by molar-refractivity contribution is 7.11. The maximum Gasteiger partial charge on any atom is 0.303 e. The van der Waals surface area contributed by atoms with Crippen molar-refractivity contribution in [2.24, 2.45) is 0 Å². The van der Waals surface area contributed by atoms with Crippen LogP contribution in [0.2, 0.25) is 0 Å². The molecule has 106 valence electrons. The molecule has 0 bridgehead atoms. The molecule has 1 aromatic heterocycles. The zero-order valence-electron chi connectivity index (χ0n) is 11.5. The van der Waals surface area contributed by atoms with Gasteiger partial charge in [0.1, 0.15) is 0 Å². The van der Waals surface area contributed by atoms with E-state index < -0.39 is 5.97 Å². The van der Waals surface area contributed by atoms with Crippen molar-refractivity contribution in [3.05, 3.63) is 64.1 Å². The fourth-order valence-electron chi connectivity index (χ4n) is 2.39. The van der Waals surface area contributed by atoms with E-state index in [-0.39, 0.29) is 6.42 Å². The predicted molar refractivity (Wildman–Crippen MR) is 84.8 cm³/mol. The van der Waals surface area contributed by atoms with E-state index in [4.69, 9.17) is 5.11 Å². The summed E-state index contributed by atoms with van der Waals surface area (Å²) >= 11 is 1.60. The molecule has 3 rings (SSSR count). The Labute approximate surface area is 126 Å². The van der Waals surface area contributed by atoms with Crippen LogP contribution >= 0.6 is 11.3 Å². The molecule has 0 spiro atoms. The van der Waals surface area contributed by atoms with Gasteiger partial charge < -0.3 is 5.11 Å². The van der Waals surface area contributed by atoms with E-state index in [9.17, 15) is 4.79 Å². The van der Waals surface area contributed by atoms with Gasteiger partial charge in [-0.25, -0.2) is 4.98 Å². The second kappa shape index (κ2) is 6.06. The lowest BCUT2D eigenvalue weighted by Crippen LogP contribution is -1.95. The minimum absolute atomic E-state index is 0.163. The summed E-state index contributed by atoms with van der Waals surface area (Å²) in [7, 11) is 0. The van der Waals surface area contributed by atoms with Crippen LogP contribution in [0, 0.1) is 0 Å². The maximum absolute atomic E-state index is 10.6. The van der Waals surface area contributed by atoms with Crippen molar-refractivity contribution in [2.45, 2.75) is 19.3 Å². The number of thiazole rings is 1. The molecule has 0 radical (unpaired) electrons. The number of fused-ring (bicyclic) bond motifs is 1. The van der Waals surface area contributed by atoms with E-state index in [1.54, 1.807) is 17.5 Å². The number of carboxylic acids is 1. The van der Waals surface area contributed by atoms with Crippen molar-refractivity contribution in [3.63, 3.8) is 0 Å². The molecule has 3 aromatic rings. The van der Waals surface area contributed by atoms with Crippen molar-refractivity contribution >= 4 is 28.1 Å². The highest BCUT2D eigenvalue weighted by atomic mass is 32.1. The van der Waals surface area contributed by atoms with Crippen molar-refractivity contribution < 1.29 is 9.90 Å². The quantitative estimate of drug-likeness (QED) is 0.777. The topological polar surface area (TPSA) is 50.2 Å². The zero-order valence-corrected chi connectivity index (χ0v) is 12.3. The number of nitrogens with zero attached hydrogens (tertiary/aromatic N) is 1. The van der Waals surface area contributed by atoms with E-state index in [1.807, 2.05) is 12.1 Å². The Morgan fingerprint density at radius 2 is 1.95 bits per heavy atom. The lowest BCUT2D eigenvalue weighted by molar-refractivity contribution is -0.136. The third kappa shape index (κ3) is 3.28. The highest BCUT2D eigenvalue weighted by Crippen LogP contribution is 2.23. The summed E-state index contributed by atoms with van der Waals surface area (Å²) < 4.78 is 0. The standard InChI is InChI=1S/C17H15NO2S/c19-17(20)9-8-14-11-18-16(21-14)10-13-6-3-5-12-4-1-2-7-15(12)13/h1-7,11H,8-10H2,(H,19,20). The molecule has 0 aliphatic heterocycles. The molecule has 0 fully saturated rings. The second-order valence-corrected chi connectivity index (χ2v) is 6.13. The molecule has 1 heterocycles. The number of aryl methyl sites for hydroxylation is 1. The zero-order chi connectivity index (χ0) is 14.7. The lowest BCUT2D eigenvalue weighted by atomic mass is 10.0. The van der Waals surface area contributed by atoms with Crippen molar-refractivity contribution in [2.75, 3.05) is 0 Å². The van der Waals surface area contributed by atoms with E-state index in [2.05, 4.69) is 35.3 Å². The van der Waals surface area contributed by atoms with Crippen molar-refractivity contribution in [1.82, 2.24) is 4.98 Å². The smallest absolute Gasteiger partial charge is 0.303 e. The number of benzene rings is 2. The summed E-state index contributed by atoms with van der Waals surface area (Å²) in [5.74, 6) is -0.765. The molecule has 0 aliphatic carbocycles. The van der Waals surface area contributed by atoms with Gasteiger partial charge in [0, 0.05) is 17.5 Å². The summed E-state index contributed by atoms with van der Waals surface area (Å²) in [6.45, 7) is 0. The maximum atomic E-state index is 10.6. The summed E-state index contributed by atoms with van der Waals surface area (Å²) in [5.41, 5.74) is 1.26. The van der Waals surface area contributed by atoms with E-state index >= 15 is 0 Å². The number of carbonyl (C=O) groups is 1. The van der Waals surface area contributed by atoms with Crippen molar-refractivity contribution in [3.8, 4) is 0 Å². The monoisotopic (exact) mass is 297 g/mol. The average Bonchev–Trinajstić information content (AvgIpc) is 2.93. The summed E-state index contributed by atoms with van der Waals surface area (Å²) in [4.78, 5) is 16.1. The molecule has 0 aliphatic rings. The van der Waals surface area contributed by atoms with Gasteiger partial charge in [0.25, 0.3) is 0 Å². The van der Waals surface area contributed by atoms with Crippen LogP contribution in [0.4, 0.5) is 0 Å². The van der Waals surface area contributed by atoms with Crippen LogP contribution in [0.5, 0.6) is 0 Å². The molecule has 0 amide bonds. The number of carboxylic acid groups (broad SMARTS) is 1. The summed E-state index contributed by atoms with van der Waals surface area (Å²) in [6, 6.07) is 14.6. The highest BCUT2D eigenvalue weighted by Gasteiger charge is 2.07. The largest absolute Gasteiger partial charge is 0.481 e. The van der Waals surface area contributed by atoms with Crippen LogP contribution in [0.3, 0.4) is 0 Å². The van der Waals surface area contributed by atoms with Crippen LogP contribution in [0.25, 0.3) is 10.8 Å². The molecule has 3 nitrogen and oxygen atoms in total. The fraction of sp³-hybridized carbons (Fsp3) is 0.176. The first-order chi connectivity index (χ1) is 10.2. The van der Waals surface area contributed by atoms with Gasteiger partial charge in [-0.3, -0.25) is 4.79 Å². The Balaban J connectivity index is 1.81. The van der Waals surface area contributed by atoms with Gasteiger partial charge in [0.2, 0.25) is 0 Å². The van der Waals surface area contributed by atoms with Crippen LogP contribution in [0.1, 0.15) is 21.9 Å². The average molecular weight is 297 g/mol. The molecular weight excluding hydrogens is 282 g/mol. The normalized spacial score (nSPS) is 10.9. The van der Waals surface area contributed by atoms with Crippen molar-refractivity contribution in [1.29, 1.82) is 0 Å². The van der Waals surface area contributed by atoms with Gasteiger partial charge in [0.15, 0.2) is 0 Å². The number of hydrogen-bond donors (Lipinski definition) is 1. The van der Waals surface area contributed by atoms with Gasteiger partial charge in [-0.2, -0.15) is 0 Å². The minimum atomic E-state index is -0.765. The van der Waals surface area contributed by atoms with E-state index in [0.717, 1.165) is 16.3 Å². The number of rotatable bonds is 5. The third-order valence-electron chi connectivity index (χ3n) is 3.41. The first kappa shape index (κ1) is 13.8. The Morgan fingerprint density at radius 3 is 2.81 bits per heavy atom. The lowest BCUT2D eigenvalue weighted by Gasteiger charge is -2.04. The van der Waals surface area contributed by atoms with Gasteiger partial charge in [-0.1, -0.05) is 42.5 Å². The van der Waals surface area contributed by atoms with Gasteiger partial charge in [-0.15, -0.1) is 11.3 Å². The number of aromatic nitrogens is 1. The van der Waals surface area contributed by atoms with Gasteiger partial charge >= 0.3 is 5.97 Å². The first-order valence-corrected chi connectivity index (χ1v) is 7.66. The van der Waals surface area contributed by atoms with Crippen LogP contribution in [-0.4, -0.2) is 16.1 Å². The molecular formula is C17H15NO2S. The Kier molecular flexibility index (Phi) is 3.97. The molecule has 0 saturated carbocycles. The number of hydrogen-bond acceptors (Lipinski definition) is 3. The van der Waals surface area contributed by atoms with E-state index in [1.165, 1.54) is 16.3 Å². The summed E-state index contributed by atoms with van der Waals surface area (Å²) in [6.07, 6.45) is 3.31. The molecule has 1 N–H and O–H groups in total. The fourth-order valence-corrected chi connectivity index (χ4v) is 3.33. The Hall–Kier alpha value is -2.20. The number of aliphatic carboxylic acids is 1. The molecule has 2 aromatic carbocycles. The first-order valence-electron chi connectivity index (χ1n) is 6.84. The molecule has 0 unspecified atom stereocenters. The van der Waals surface area contributed by atoms with E-state index in [0.29, 0.717) is 6.42 Å². The molecule has 21 heavy (non-hydrogen) atoms.